The number of fused-ring (bicyclic) bond motifs is 1. The summed E-state index contributed by atoms with van der Waals surface area (Å²) in [4.78, 5) is 18.7. The van der Waals surface area contributed by atoms with E-state index in [2.05, 4.69) is 32.7 Å². The van der Waals surface area contributed by atoms with Gasteiger partial charge in [-0.05, 0) is 17.7 Å². The molecule has 4 heteroatoms. The summed E-state index contributed by atoms with van der Waals surface area (Å²) >= 11 is 6.11. The maximum atomic E-state index is 12.8. The predicted molar refractivity (Wildman–Crippen MR) is 87.8 cm³/mol. The van der Waals surface area contributed by atoms with Crippen molar-refractivity contribution in [2.24, 2.45) is 5.41 Å². The van der Waals surface area contributed by atoms with Crippen LogP contribution < -0.4 is 0 Å². The van der Waals surface area contributed by atoms with Gasteiger partial charge >= 0.3 is 0 Å². The van der Waals surface area contributed by atoms with Crippen molar-refractivity contribution in [1.29, 1.82) is 0 Å². The van der Waals surface area contributed by atoms with E-state index in [0.717, 1.165) is 10.8 Å². The molecule has 0 aliphatic heterocycles. The van der Waals surface area contributed by atoms with Crippen molar-refractivity contribution < 1.29 is 4.79 Å². The molecule has 1 atom stereocenters. The zero-order valence-electron chi connectivity index (χ0n) is 13.1. The summed E-state index contributed by atoms with van der Waals surface area (Å²) in [5.41, 5.74) is 0.605. The summed E-state index contributed by atoms with van der Waals surface area (Å²) in [6, 6.07) is 7.70. The molecule has 0 spiro atoms. The van der Waals surface area contributed by atoms with Crippen molar-refractivity contribution in [2.75, 3.05) is 7.05 Å². The molecule has 21 heavy (non-hydrogen) atoms. The molecule has 0 fully saturated rings. The second-order valence-electron chi connectivity index (χ2n) is 6.47. The monoisotopic (exact) mass is 304 g/mol. The molecule has 0 aliphatic carbocycles. The Hall–Kier alpha value is -1.61. The summed E-state index contributed by atoms with van der Waals surface area (Å²) in [5, 5.41) is 2.07. The molecule has 0 radical (unpaired) electrons. The van der Waals surface area contributed by atoms with Crippen molar-refractivity contribution in [3.8, 4) is 0 Å². The van der Waals surface area contributed by atoms with Crippen LogP contribution in [-0.2, 0) is 0 Å². The lowest BCUT2D eigenvalue weighted by Crippen LogP contribution is -2.43. The minimum atomic E-state index is -0.0298. The highest BCUT2D eigenvalue weighted by Crippen LogP contribution is 2.28. The third kappa shape index (κ3) is 3.03. The highest BCUT2D eigenvalue weighted by Gasteiger charge is 2.28. The van der Waals surface area contributed by atoms with Crippen LogP contribution in [0.2, 0.25) is 5.15 Å². The van der Waals surface area contributed by atoms with Crippen LogP contribution in [0.4, 0.5) is 0 Å². The average molecular weight is 305 g/mol. The van der Waals surface area contributed by atoms with Crippen LogP contribution in [0.5, 0.6) is 0 Å². The normalized spacial score (nSPS) is 13.2. The molecular weight excluding hydrogens is 284 g/mol. The average Bonchev–Trinajstić information content (AvgIpc) is 2.45. The van der Waals surface area contributed by atoms with Gasteiger partial charge in [0.2, 0.25) is 0 Å². The van der Waals surface area contributed by atoms with E-state index < -0.39 is 0 Å². The number of nitrogens with zero attached hydrogens (tertiary/aromatic N) is 2. The summed E-state index contributed by atoms with van der Waals surface area (Å²) in [5.74, 6) is -0.0298. The van der Waals surface area contributed by atoms with E-state index in [1.165, 1.54) is 0 Å². The van der Waals surface area contributed by atoms with Crippen molar-refractivity contribution in [3.05, 3.63) is 41.2 Å². The summed E-state index contributed by atoms with van der Waals surface area (Å²) < 4.78 is 0. The number of pyridine rings is 1. The Balaban J connectivity index is 2.48. The van der Waals surface area contributed by atoms with Crippen molar-refractivity contribution >= 4 is 28.3 Å². The maximum Gasteiger partial charge on any atom is 0.256 e. The standard InChI is InChI=1S/C17H21ClN2O/c1-11(17(2,3)4)20(5)16(21)14-10-19-15(18)13-9-7-6-8-12(13)14/h6-11H,1-5H3. The van der Waals surface area contributed by atoms with Gasteiger partial charge in [-0.25, -0.2) is 4.98 Å². The first-order valence-corrected chi connectivity index (χ1v) is 7.41. The number of hydrogen-bond acceptors (Lipinski definition) is 2. The maximum absolute atomic E-state index is 12.8. The van der Waals surface area contributed by atoms with Crippen LogP contribution >= 0.6 is 11.6 Å². The SMILES string of the molecule is CC(N(C)C(=O)c1cnc(Cl)c2ccccc12)C(C)(C)C. The third-order valence-electron chi connectivity index (χ3n) is 4.13. The molecule has 0 bridgehead atoms. The van der Waals surface area contributed by atoms with Crippen LogP contribution in [-0.4, -0.2) is 28.9 Å². The number of rotatable bonds is 2. The second kappa shape index (κ2) is 5.64. The molecule has 0 saturated carbocycles. The number of halogens is 1. The Kier molecular flexibility index (Phi) is 4.24. The fraction of sp³-hybridized carbons (Fsp3) is 0.412. The molecule has 112 valence electrons. The van der Waals surface area contributed by atoms with E-state index in [0.29, 0.717) is 10.7 Å². The molecule has 2 aromatic rings. The van der Waals surface area contributed by atoms with Gasteiger partial charge in [0, 0.05) is 24.7 Å². The molecule has 1 aromatic carbocycles. The number of hydrogen-bond donors (Lipinski definition) is 0. The predicted octanol–water partition coefficient (Wildman–Crippen LogP) is 4.39. The quantitative estimate of drug-likeness (QED) is 0.771. The lowest BCUT2D eigenvalue weighted by Gasteiger charge is -2.35. The molecule has 2 rings (SSSR count). The molecule has 0 N–H and O–H groups in total. The van der Waals surface area contributed by atoms with Gasteiger partial charge < -0.3 is 4.90 Å². The molecule has 1 heterocycles. The first-order chi connectivity index (χ1) is 9.73. The molecule has 1 amide bonds. The zero-order chi connectivity index (χ0) is 15.8. The largest absolute Gasteiger partial charge is 0.338 e. The van der Waals surface area contributed by atoms with E-state index in [-0.39, 0.29) is 17.4 Å². The summed E-state index contributed by atoms with van der Waals surface area (Å²) in [7, 11) is 1.83. The minimum absolute atomic E-state index is 0.0140. The molecule has 1 unspecified atom stereocenters. The van der Waals surface area contributed by atoms with Crippen molar-refractivity contribution in [3.63, 3.8) is 0 Å². The Morgan fingerprint density at radius 3 is 2.38 bits per heavy atom. The number of carbonyl (C=O) groups is 1. The fourth-order valence-corrected chi connectivity index (χ4v) is 2.49. The molecule has 0 aliphatic rings. The number of carbonyl (C=O) groups excluding carboxylic acids is 1. The first kappa shape index (κ1) is 15.8. The summed E-state index contributed by atoms with van der Waals surface area (Å²) in [6.45, 7) is 8.43. The Labute approximate surface area is 130 Å². The van der Waals surface area contributed by atoms with Gasteiger partial charge in [-0.1, -0.05) is 56.6 Å². The summed E-state index contributed by atoms with van der Waals surface area (Å²) in [6.07, 6.45) is 1.57. The Bertz CT molecular complexity index is 676. The number of benzene rings is 1. The van der Waals surface area contributed by atoms with Crippen LogP contribution in [0.1, 0.15) is 38.1 Å². The molecule has 3 nitrogen and oxygen atoms in total. The van der Waals surface area contributed by atoms with Crippen molar-refractivity contribution in [2.45, 2.75) is 33.7 Å². The van der Waals surface area contributed by atoms with Crippen molar-refractivity contribution in [1.82, 2.24) is 9.88 Å². The van der Waals surface area contributed by atoms with Gasteiger partial charge in [0.05, 0.1) is 5.56 Å². The van der Waals surface area contributed by atoms with Crippen LogP contribution in [0.25, 0.3) is 10.8 Å². The van der Waals surface area contributed by atoms with E-state index in [4.69, 9.17) is 11.6 Å². The van der Waals surface area contributed by atoms with Gasteiger partial charge in [-0.3, -0.25) is 4.79 Å². The third-order valence-corrected chi connectivity index (χ3v) is 4.43. The smallest absolute Gasteiger partial charge is 0.256 e. The van der Waals surface area contributed by atoms with Crippen LogP contribution in [0.15, 0.2) is 30.5 Å². The van der Waals surface area contributed by atoms with E-state index in [1.54, 1.807) is 11.1 Å². The topological polar surface area (TPSA) is 33.2 Å². The minimum Gasteiger partial charge on any atom is -0.338 e. The van der Waals surface area contributed by atoms with Gasteiger partial charge in [0.15, 0.2) is 0 Å². The zero-order valence-corrected chi connectivity index (χ0v) is 13.9. The van der Waals surface area contributed by atoms with E-state index in [1.807, 2.05) is 31.3 Å². The molecule has 1 aromatic heterocycles. The van der Waals surface area contributed by atoms with E-state index in [9.17, 15) is 4.79 Å². The highest BCUT2D eigenvalue weighted by atomic mass is 35.5. The van der Waals surface area contributed by atoms with Gasteiger partial charge in [-0.2, -0.15) is 0 Å². The molecular formula is C17H21ClN2O. The first-order valence-electron chi connectivity index (χ1n) is 7.04. The molecule has 0 saturated heterocycles. The number of amides is 1. The lowest BCUT2D eigenvalue weighted by atomic mass is 9.87. The van der Waals surface area contributed by atoms with Gasteiger partial charge in [0.1, 0.15) is 5.15 Å². The Morgan fingerprint density at radius 2 is 1.81 bits per heavy atom. The second-order valence-corrected chi connectivity index (χ2v) is 6.82. The van der Waals surface area contributed by atoms with Gasteiger partial charge in [0.25, 0.3) is 5.91 Å². The lowest BCUT2D eigenvalue weighted by molar-refractivity contribution is 0.0631. The van der Waals surface area contributed by atoms with Crippen LogP contribution in [0, 0.1) is 5.41 Å². The van der Waals surface area contributed by atoms with Gasteiger partial charge in [-0.15, -0.1) is 0 Å². The van der Waals surface area contributed by atoms with E-state index >= 15 is 0 Å². The highest BCUT2D eigenvalue weighted by molar-refractivity contribution is 6.34. The number of aromatic nitrogens is 1. The van der Waals surface area contributed by atoms with Crippen LogP contribution in [0.3, 0.4) is 0 Å². The Morgan fingerprint density at radius 1 is 1.24 bits per heavy atom. The fourth-order valence-electron chi connectivity index (χ4n) is 2.28.